The Hall–Kier alpha value is -1.88. The summed E-state index contributed by atoms with van der Waals surface area (Å²) in [5.41, 5.74) is 1.02. The van der Waals surface area contributed by atoms with Crippen molar-refractivity contribution in [3.05, 3.63) is 35.9 Å². The maximum Gasteiger partial charge on any atom is 0.236 e. The van der Waals surface area contributed by atoms with E-state index in [1.54, 1.807) is 19.0 Å². The molecular formula is C18H25N3O2. The number of hydrogen-bond donors (Lipinski definition) is 1. The van der Waals surface area contributed by atoms with Crippen molar-refractivity contribution in [3.8, 4) is 0 Å². The van der Waals surface area contributed by atoms with Gasteiger partial charge in [0.15, 0.2) is 0 Å². The molecule has 2 heterocycles. The Morgan fingerprint density at radius 2 is 1.91 bits per heavy atom. The molecule has 3 rings (SSSR count). The fraction of sp³-hybridized carbons (Fsp3) is 0.556. The molecule has 2 fully saturated rings. The zero-order chi connectivity index (χ0) is 16.4. The van der Waals surface area contributed by atoms with E-state index in [2.05, 4.69) is 10.2 Å². The van der Waals surface area contributed by atoms with E-state index in [9.17, 15) is 9.59 Å². The van der Waals surface area contributed by atoms with Gasteiger partial charge in [-0.15, -0.1) is 0 Å². The first-order valence-electron chi connectivity index (χ1n) is 8.29. The van der Waals surface area contributed by atoms with Crippen LogP contribution in [-0.4, -0.2) is 60.9 Å². The average Bonchev–Trinajstić information content (AvgIpc) is 2.87. The third kappa shape index (κ3) is 3.39. The number of piperidine rings is 1. The highest BCUT2D eigenvalue weighted by atomic mass is 16.2. The van der Waals surface area contributed by atoms with Crippen LogP contribution in [0.3, 0.4) is 0 Å². The van der Waals surface area contributed by atoms with Gasteiger partial charge in [0.05, 0.1) is 12.5 Å². The van der Waals surface area contributed by atoms with Gasteiger partial charge in [-0.2, -0.15) is 0 Å². The van der Waals surface area contributed by atoms with E-state index in [4.69, 9.17) is 0 Å². The maximum atomic E-state index is 12.4. The molecule has 0 saturated carbocycles. The van der Waals surface area contributed by atoms with Crippen molar-refractivity contribution in [2.75, 3.05) is 33.7 Å². The number of carbonyl (C=O) groups excluding carboxylic acids is 2. The van der Waals surface area contributed by atoms with Gasteiger partial charge >= 0.3 is 0 Å². The van der Waals surface area contributed by atoms with Gasteiger partial charge in [-0.05, 0) is 24.8 Å². The molecular weight excluding hydrogens is 290 g/mol. The third-order valence-electron chi connectivity index (χ3n) is 5.17. The van der Waals surface area contributed by atoms with Crippen LogP contribution in [0.4, 0.5) is 0 Å². The quantitative estimate of drug-likeness (QED) is 0.912. The summed E-state index contributed by atoms with van der Waals surface area (Å²) in [4.78, 5) is 28.1. The molecule has 0 aliphatic carbocycles. The van der Waals surface area contributed by atoms with Crippen molar-refractivity contribution >= 4 is 11.8 Å². The van der Waals surface area contributed by atoms with Crippen molar-refractivity contribution in [3.63, 3.8) is 0 Å². The van der Waals surface area contributed by atoms with Crippen molar-refractivity contribution in [2.24, 2.45) is 0 Å². The van der Waals surface area contributed by atoms with E-state index in [0.717, 1.165) is 37.9 Å². The molecule has 1 atom stereocenters. The van der Waals surface area contributed by atoms with Crippen LogP contribution < -0.4 is 5.32 Å². The second kappa shape index (κ2) is 6.32. The van der Waals surface area contributed by atoms with E-state index in [1.165, 1.54) is 0 Å². The molecule has 0 radical (unpaired) electrons. The smallest absolute Gasteiger partial charge is 0.236 e. The number of nitrogens with one attached hydrogen (secondary N) is 1. The van der Waals surface area contributed by atoms with Crippen LogP contribution in [0.15, 0.2) is 30.3 Å². The van der Waals surface area contributed by atoms with E-state index < -0.39 is 0 Å². The van der Waals surface area contributed by atoms with Gasteiger partial charge in [-0.3, -0.25) is 14.5 Å². The Kier molecular flexibility index (Phi) is 4.39. The summed E-state index contributed by atoms with van der Waals surface area (Å²) in [5.74, 6) is 0.249. The molecule has 23 heavy (non-hydrogen) atoms. The lowest BCUT2D eigenvalue weighted by Crippen LogP contribution is -2.52. The summed E-state index contributed by atoms with van der Waals surface area (Å²) < 4.78 is 0. The van der Waals surface area contributed by atoms with E-state index in [0.29, 0.717) is 6.54 Å². The van der Waals surface area contributed by atoms with Crippen LogP contribution in [0.2, 0.25) is 0 Å². The summed E-state index contributed by atoms with van der Waals surface area (Å²) in [6.45, 7) is 2.20. The Bertz CT molecular complexity index is 577. The van der Waals surface area contributed by atoms with Gasteiger partial charge in [0.25, 0.3) is 0 Å². The Balaban J connectivity index is 1.61. The summed E-state index contributed by atoms with van der Waals surface area (Å²) in [5, 5.41) is 3.25. The molecule has 2 saturated heterocycles. The van der Waals surface area contributed by atoms with Gasteiger partial charge in [0.1, 0.15) is 0 Å². The van der Waals surface area contributed by atoms with Crippen molar-refractivity contribution in [1.29, 1.82) is 0 Å². The molecule has 2 aliphatic rings. The minimum absolute atomic E-state index is 0.0360. The molecule has 0 unspecified atom stereocenters. The van der Waals surface area contributed by atoms with Crippen molar-refractivity contribution in [1.82, 2.24) is 15.1 Å². The number of likely N-dealkylation sites (N-methyl/N-ethyl adjacent to an activating group) is 1. The molecule has 0 bridgehead atoms. The van der Waals surface area contributed by atoms with Gasteiger partial charge < -0.3 is 10.2 Å². The topological polar surface area (TPSA) is 52.7 Å². The standard InChI is InChI=1S/C18H25N3O2/c1-20(2)16(22)13-21-10-8-18(9-11-21)12-15(17(23)19-18)14-6-4-3-5-7-14/h3-7,15H,8-13H2,1-2H3,(H,19,23)/t15-/m0/s1. The molecule has 1 spiro atoms. The molecule has 5 heteroatoms. The van der Waals surface area contributed by atoms with Gasteiger partial charge in [0.2, 0.25) is 11.8 Å². The Labute approximate surface area is 137 Å². The second-order valence-electron chi connectivity index (χ2n) is 7.00. The molecule has 1 aromatic carbocycles. The Morgan fingerprint density at radius 1 is 1.26 bits per heavy atom. The molecule has 124 valence electrons. The molecule has 2 aliphatic heterocycles. The fourth-order valence-electron chi connectivity index (χ4n) is 3.64. The largest absolute Gasteiger partial charge is 0.350 e. The molecule has 1 aromatic rings. The zero-order valence-corrected chi connectivity index (χ0v) is 13.9. The molecule has 0 aromatic heterocycles. The predicted octanol–water partition coefficient (Wildman–Crippen LogP) is 1.21. The number of carbonyl (C=O) groups is 2. The minimum Gasteiger partial charge on any atom is -0.350 e. The summed E-state index contributed by atoms with van der Waals surface area (Å²) in [6.07, 6.45) is 2.71. The van der Waals surface area contributed by atoms with Crippen molar-refractivity contribution < 1.29 is 9.59 Å². The number of benzene rings is 1. The number of nitrogens with zero attached hydrogens (tertiary/aromatic N) is 2. The van der Waals surface area contributed by atoms with Crippen molar-refractivity contribution in [2.45, 2.75) is 30.7 Å². The van der Waals surface area contributed by atoms with Gasteiger partial charge in [-0.25, -0.2) is 0 Å². The SMILES string of the molecule is CN(C)C(=O)CN1CCC2(CC1)C[C@@H](c1ccccc1)C(=O)N2. The number of hydrogen-bond acceptors (Lipinski definition) is 3. The van der Waals surface area contributed by atoms with Crippen LogP contribution in [0.25, 0.3) is 0 Å². The summed E-state index contributed by atoms with van der Waals surface area (Å²) >= 11 is 0. The molecule has 5 nitrogen and oxygen atoms in total. The number of likely N-dealkylation sites (tertiary alicyclic amines) is 1. The van der Waals surface area contributed by atoms with Gasteiger partial charge in [0, 0.05) is 32.7 Å². The van der Waals surface area contributed by atoms with Crippen LogP contribution in [-0.2, 0) is 9.59 Å². The fourth-order valence-corrected chi connectivity index (χ4v) is 3.64. The second-order valence-corrected chi connectivity index (χ2v) is 7.00. The van der Waals surface area contributed by atoms with E-state index in [1.807, 2.05) is 30.3 Å². The lowest BCUT2D eigenvalue weighted by molar-refractivity contribution is -0.130. The van der Waals surface area contributed by atoms with Crippen LogP contribution in [0.5, 0.6) is 0 Å². The van der Waals surface area contributed by atoms with Crippen LogP contribution in [0.1, 0.15) is 30.7 Å². The first kappa shape index (κ1) is 16.0. The third-order valence-corrected chi connectivity index (χ3v) is 5.17. The first-order chi connectivity index (χ1) is 11.0. The highest BCUT2D eigenvalue weighted by Crippen LogP contribution is 2.39. The summed E-state index contributed by atoms with van der Waals surface area (Å²) in [6, 6.07) is 10.0. The van der Waals surface area contributed by atoms with Gasteiger partial charge in [-0.1, -0.05) is 30.3 Å². The van der Waals surface area contributed by atoms with Crippen LogP contribution >= 0.6 is 0 Å². The molecule has 1 N–H and O–H groups in total. The minimum atomic E-state index is -0.0880. The first-order valence-corrected chi connectivity index (χ1v) is 8.29. The Morgan fingerprint density at radius 3 is 2.52 bits per heavy atom. The maximum absolute atomic E-state index is 12.4. The number of amides is 2. The van der Waals surface area contributed by atoms with E-state index >= 15 is 0 Å². The normalized spacial score (nSPS) is 23.7. The highest BCUT2D eigenvalue weighted by molar-refractivity contribution is 5.87. The zero-order valence-electron chi connectivity index (χ0n) is 13.9. The monoisotopic (exact) mass is 315 g/mol. The molecule has 2 amide bonds. The average molecular weight is 315 g/mol. The lowest BCUT2D eigenvalue weighted by atomic mass is 9.82. The van der Waals surface area contributed by atoms with Crippen LogP contribution in [0, 0.1) is 0 Å². The summed E-state index contributed by atoms with van der Waals surface area (Å²) in [7, 11) is 3.57. The predicted molar refractivity (Wildman–Crippen MR) is 89.0 cm³/mol. The number of rotatable bonds is 3. The van der Waals surface area contributed by atoms with E-state index in [-0.39, 0.29) is 23.3 Å². The highest BCUT2D eigenvalue weighted by Gasteiger charge is 2.46. The lowest BCUT2D eigenvalue weighted by Gasteiger charge is -2.39.